The van der Waals surface area contributed by atoms with Gasteiger partial charge in [-0.1, -0.05) is 0 Å². The Bertz CT molecular complexity index is 1240. The van der Waals surface area contributed by atoms with Crippen molar-refractivity contribution in [2.45, 2.75) is 0 Å². The second-order valence-corrected chi connectivity index (χ2v) is 5.89. The third kappa shape index (κ3) is 2.12. The number of nitrogens with zero attached hydrogens (tertiary/aromatic N) is 4. The molecule has 7 nitrogen and oxygen atoms in total. The molecule has 0 amide bonds. The fourth-order valence-corrected chi connectivity index (χ4v) is 3.03. The number of aromatic nitrogens is 6. The topological polar surface area (TPSA) is 109 Å². The number of H-pyrrole nitrogens is 2. The van der Waals surface area contributed by atoms with Gasteiger partial charge in [-0.25, -0.2) is 14.4 Å². The first-order chi connectivity index (χ1) is 12.7. The minimum atomic E-state index is -0.410. The van der Waals surface area contributed by atoms with Crippen molar-refractivity contribution in [1.29, 1.82) is 0 Å². The van der Waals surface area contributed by atoms with Crippen molar-refractivity contribution < 1.29 is 4.39 Å². The molecule has 0 atom stereocenters. The van der Waals surface area contributed by atoms with E-state index in [-0.39, 0.29) is 0 Å². The van der Waals surface area contributed by atoms with Gasteiger partial charge in [0.2, 0.25) is 0 Å². The number of anilines is 1. The van der Waals surface area contributed by atoms with Crippen LogP contribution in [0.2, 0.25) is 0 Å². The summed E-state index contributed by atoms with van der Waals surface area (Å²) in [5.41, 5.74) is 9.53. The van der Waals surface area contributed by atoms with Crippen molar-refractivity contribution in [2.75, 3.05) is 5.73 Å². The van der Waals surface area contributed by atoms with E-state index in [9.17, 15) is 0 Å². The van der Waals surface area contributed by atoms with E-state index in [1.165, 1.54) is 6.20 Å². The third-order valence-electron chi connectivity index (χ3n) is 4.22. The molecular formula is C18H12FN7. The number of benzene rings is 1. The lowest BCUT2D eigenvalue weighted by molar-refractivity contribution is 0.643. The van der Waals surface area contributed by atoms with Crippen LogP contribution in [0.25, 0.3) is 44.7 Å². The largest absolute Gasteiger partial charge is 0.397 e. The average Bonchev–Trinajstić information content (AvgIpc) is 3.26. The number of fused-ring (bicyclic) bond motifs is 2. The number of rotatable bonds is 2. The van der Waals surface area contributed by atoms with Crippen LogP contribution in [0.1, 0.15) is 0 Å². The first-order valence-corrected chi connectivity index (χ1v) is 7.89. The monoisotopic (exact) mass is 345 g/mol. The first-order valence-electron chi connectivity index (χ1n) is 7.89. The standard InChI is InChI=1S/C18H12FN7/c19-15-11(9-6-10(20)8-21-7-9)3-4-12-14(15)16(26-25-12)18-23-13-2-1-5-22-17(13)24-18/h1-8H,20H2,(H,25,26)(H,22,23,24). The summed E-state index contributed by atoms with van der Waals surface area (Å²) >= 11 is 0. The van der Waals surface area contributed by atoms with Gasteiger partial charge in [-0.2, -0.15) is 5.10 Å². The highest BCUT2D eigenvalue weighted by atomic mass is 19.1. The number of hydrogen-bond acceptors (Lipinski definition) is 5. The SMILES string of the molecule is Nc1cncc(-c2ccc3[nH]nc(-c4nc5cccnc5[nH]4)c3c2F)c1. The van der Waals surface area contributed by atoms with Crippen LogP contribution in [-0.2, 0) is 0 Å². The number of aromatic amines is 2. The smallest absolute Gasteiger partial charge is 0.161 e. The van der Waals surface area contributed by atoms with Gasteiger partial charge in [0.25, 0.3) is 0 Å². The number of nitrogens with one attached hydrogen (secondary N) is 2. The first kappa shape index (κ1) is 14.5. The maximum absolute atomic E-state index is 15.3. The molecule has 5 rings (SSSR count). The summed E-state index contributed by atoms with van der Waals surface area (Å²) in [5.74, 6) is 0.0405. The summed E-state index contributed by atoms with van der Waals surface area (Å²) in [6.45, 7) is 0. The molecule has 0 radical (unpaired) electrons. The zero-order valence-corrected chi connectivity index (χ0v) is 13.4. The lowest BCUT2D eigenvalue weighted by atomic mass is 10.0. The molecule has 0 saturated heterocycles. The molecule has 0 spiro atoms. The molecule has 126 valence electrons. The summed E-state index contributed by atoms with van der Waals surface area (Å²) < 4.78 is 15.3. The van der Waals surface area contributed by atoms with Crippen molar-refractivity contribution in [3.63, 3.8) is 0 Å². The number of nitrogen functional groups attached to an aromatic ring is 1. The van der Waals surface area contributed by atoms with E-state index in [2.05, 4.69) is 30.1 Å². The van der Waals surface area contributed by atoms with Crippen LogP contribution in [0.4, 0.5) is 10.1 Å². The zero-order chi connectivity index (χ0) is 17.7. The number of imidazole rings is 1. The van der Waals surface area contributed by atoms with Gasteiger partial charge in [0.05, 0.1) is 16.6 Å². The fraction of sp³-hybridized carbons (Fsp3) is 0. The Labute approximate surface area is 146 Å². The number of nitrogens with two attached hydrogens (primary N) is 1. The van der Waals surface area contributed by atoms with Gasteiger partial charge in [0.1, 0.15) is 17.0 Å². The number of pyridine rings is 2. The molecule has 1 aromatic carbocycles. The minimum Gasteiger partial charge on any atom is -0.397 e. The van der Waals surface area contributed by atoms with E-state index in [0.29, 0.717) is 50.4 Å². The molecule has 26 heavy (non-hydrogen) atoms. The van der Waals surface area contributed by atoms with E-state index < -0.39 is 5.82 Å². The van der Waals surface area contributed by atoms with Gasteiger partial charge in [-0.3, -0.25) is 10.1 Å². The van der Waals surface area contributed by atoms with Crippen LogP contribution >= 0.6 is 0 Å². The molecule has 4 aromatic heterocycles. The van der Waals surface area contributed by atoms with Crippen molar-refractivity contribution in [3.8, 4) is 22.6 Å². The minimum absolute atomic E-state index is 0.351. The molecule has 0 bridgehead atoms. The van der Waals surface area contributed by atoms with Gasteiger partial charge < -0.3 is 10.7 Å². The van der Waals surface area contributed by atoms with Crippen molar-refractivity contribution >= 4 is 27.8 Å². The van der Waals surface area contributed by atoms with Crippen molar-refractivity contribution in [1.82, 2.24) is 30.1 Å². The van der Waals surface area contributed by atoms with Gasteiger partial charge in [-0.15, -0.1) is 0 Å². The molecule has 0 saturated carbocycles. The molecule has 4 heterocycles. The van der Waals surface area contributed by atoms with Crippen molar-refractivity contribution in [3.05, 3.63) is 54.7 Å². The fourth-order valence-electron chi connectivity index (χ4n) is 3.03. The molecule has 0 aliphatic rings. The molecule has 0 unspecified atom stereocenters. The van der Waals surface area contributed by atoms with E-state index in [1.807, 2.05) is 6.07 Å². The molecular weight excluding hydrogens is 333 g/mol. The van der Waals surface area contributed by atoms with Crippen molar-refractivity contribution in [2.24, 2.45) is 0 Å². The normalized spacial score (nSPS) is 11.4. The Morgan fingerprint density at radius 2 is 2.04 bits per heavy atom. The molecule has 0 aliphatic carbocycles. The highest BCUT2D eigenvalue weighted by Gasteiger charge is 2.19. The highest BCUT2D eigenvalue weighted by molar-refractivity contribution is 5.96. The van der Waals surface area contributed by atoms with Crippen LogP contribution in [0.3, 0.4) is 0 Å². The Morgan fingerprint density at radius 3 is 2.88 bits per heavy atom. The van der Waals surface area contributed by atoms with Gasteiger partial charge >= 0.3 is 0 Å². The van der Waals surface area contributed by atoms with E-state index in [0.717, 1.165) is 0 Å². The van der Waals surface area contributed by atoms with Crippen LogP contribution in [0.15, 0.2) is 48.9 Å². The van der Waals surface area contributed by atoms with Crippen LogP contribution < -0.4 is 5.73 Å². The Kier molecular flexibility index (Phi) is 2.99. The molecule has 0 aliphatic heterocycles. The summed E-state index contributed by atoms with van der Waals surface area (Å²) in [5, 5.41) is 7.45. The predicted octanol–water partition coefficient (Wildman–Crippen LogP) is 3.28. The van der Waals surface area contributed by atoms with E-state index >= 15 is 4.39 Å². The van der Waals surface area contributed by atoms with Crippen LogP contribution in [0, 0.1) is 5.82 Å². The summed E-state index contributed by atoms with van der Waals surface area (Å²) in [6, 6.07) is 8.76. The predicted molar refractivity (Wildman–Crippen MR) is 96.6 cm³/mol. The Hall–Kier alpha value is -3.81. The summed E-state index contributed by atoms with van der Waals surface area (Å²) in [4.78, 5) is 15.8. The molecule has 8 heteroatoms. The maximum Gasteiger partial charge on any atom is 0.161 e. The van der Waals surface area contributed by atoms with E-state index in [4.69, 9.17) is 5.73 Å². The second kappa shape index (κ2) is 5.35. The zero-order valence-electron chi connectivity index (χ0n) is 13.4. The Morgan fingerprint density at radius 1 is 1.12 bits per heavy atom. The quantitative estimate of drug-likeness (QED) is 0.455. The molecule has 4 N–H and O–H groups in total. The Balaban J connectivity index is 1.75. The van der Waals surface area contributed by atoms with Gasteiger partial charge in [0.15, 0.2) is 11.5 Å². The second-order valence-electron chi connectivity index (χ2n) is 5.89. The molecule has 0 fully saturated rings. The van der Waals surface area contributed by atoms with Crippen LogP contribution in [0.5, 0.6) is 0 Å². The highest BCUT2D eigenvalue weighted by Crippen LogP contribution is 2.33. The van der Waals surface area contributed by atoms with E-state index in [1.54, 1.807) is 36.7 Å². The average molecular weight is 345 g/mol. The summed E-state index contributed by atoms with van der Waals surface area (Å²) in [7, 11) is 0. The van der Waals surface area contributed by atoms with Gasteiger partial charge in [-0.05, 0) is 30.3 Å². The third-order valence-corrected chi connectivity index (χ3v) is 4.22. The lowest BCUT2D eigenvalue weighted by Crippen LogP contribution is -1.91. The lowest BCUT2D eigenvalue weighted by Gasteiger charge is -2.05. The summed E-state index contributed by atoms with van der Waals surface area (Å²) in [6.07, 6.45) is 4.76. The maximum atomic E-state index is 15.3. The van der Waals surface area contributed by atoms with Crippen LogP contribution in [-0.4, -0.2) is 30.1 Å². The number of hydrogen-bond donors (Lipinski definition) is 3. The molecule has 5 aromatic rings. The van der Waals surface area contributed by atoms with Gasteiger partial charge in [0, 0.05) is 29.7 Å². The number of halogens is 1.